The predicted octanol–water partition coefficient (Wildman–Crippen LogP) is 2.90. The average Bonchev–Trinajstić information content (AvgIpc) is 2.97. The molecule has 1 aromatic heterocycles. The third-order valence-electron chi connectivity index (χ3n) is 3.95. The molecule has 1 aromatic rings. The Balaban J connectivity index is 1.66. The molecule has 2 fully saturated rings. The van der Waals surface area contributed by atoms with Gasteiger partial charge in [-0.25, -0.2) is 4.98 Å². The van der Waals surface area contributed by atoms with Gasteiger partial charge in [-0.2, -0.15) is 11.8 Å². The van der Waals surface area contributed by atoms with Gasteiger partial charge in [0.15, 0.2) is 0 Å². The summed E-state index contributed by atoms with van der Waals surface area (Å²) in [5, 5.41) is 0.614. The van der Waals surface area contributed by atoms with Crippen molar-refractivity contribution in [2.45, 2.75) is 6.42 Å². The fraction of sp³-hybridized carbons (Fsp3) is 0.571. The van der Waals surface area contributed by atoms with E-state index >= 15 is 0 Å². The first kappa shape index (κ1) is 15.4. The molecule has 7 heteroatoms. The van der Waals surface area contributed by atoms with Crippen molar-refractivity contribution in [2.75, 3.05) is 42.6 Å². The van der Waals surface area contributed by atoms with E-state index in [9.17, 15) is 4.79 Å². The van der Waals surface area contributed by atoms with E-state index in [-0.39, 0.29) is 5.92 Å². The molecule has 0 N–H and O–H groups in total. The largest absolute Gasteiger partial charge is 0.355 e. The zero-order valence-corrected chi connectivity index (χ0v) is 14.8. The molecule has 3 rings (SSSR count). The number of thioether (sulfide) groups is 1. The minimum atomic E-state index is 0.0949. The van der Waals surface area contributed by atoms with Gasteiger partial charge in [-0.05, 0) is 28.4 Å². The zero-order chi connectivity index (χ0) is 14.8. The molecule has 4 nitrogen and oxygen atoms in total. The van der Waals surface area contributed by atoms with E-state index in [4.69, 9.17) is 11.6 Å². The lowest BCUT2D eigenvalue weighted by atomic mass is 10.1. The fourth-order valence-corrected chi connectivity index (χ4v) is 4.63. The summed E-state index contributed by atoms with van der Waals surface area (Å²) in [6, 6.07) is 1.85. The standard InChI is InChI=1S/C14H17BrClN3OS/c15-12-7-11(16)8-17-13(12)19-2-1-10(9-19)14(20)18-3-5-21-6-4-18/h7-8,10H,1-6,9H2. The molecule has 3 heterocycles. The van der Waals surface area contributed by atoms with Gasteiger partial charge >= 0.3 is 0 Å². The maximum Gasteiger partial charge on any atom is 0.227 e. The summed E-state index contributed by atoms with van der Waals surface area (Å²) >= 11 is 11.4. The maximum absolute atomic E-state index is 12.6. The zero-order valence-electron chi connectivity index (χ0n) is 11.6. The van der Waals surface area contributed by atoms with Crippen LogP contribution in [-0.4, -0.2) is 53.5 Å². The Morgan fingerprint density at radius 3 is 2.86 bits per heavy atom. The number of pyridine rings is 1. The molecule has 0 bridgehead atoms. The molecule has 0 saturated carbocycles. The Morgan fingerprint density at radius 1 is 1.38 bits per heavy atom. The van der Waals surface area contributed by atoms with Gasteiger partial charge in [-0.1, -0.05) is 11.6 Å². The molecule has 114 valence electrons. The molecule has 1 unspecified atom stereocenters. The Hall–Kier alpha value is -0.460. The second kappa shape index (κ2) is 6.75. The minimum Gasteiger partial charge on any atom is -0.355 e. The van der Waals surface area contributed by atoms with Crippen LogP contribution in [0.5, 0.6) is 0 Å². The third-order valence-corrected chi connectivity index (χ3v) is 5.68. The lowest BCUT2D eigenvalue weighted by molar-refractivity contribution is -0.134. The van der Waals surface area contributed by atoms with Gasteiger partial charge in [0.1, 0.15) is 5.82 Å². The lowest BCUT2D eigenvalue weighted by Crippen LogP contribution is -2.42. The Morgan fingerprint density at radius 2 is 2.14 bits per heavy atom. The van der Waals surface area contributed by atoms with Crippen molar-refractivity contribution in [3.63, 3.8) is 0 Å². The monoisotopic (exact) mass is 389 g/mol. The first-order valence-electron chi connectivity index (χ1n) is 7.07. The summed E-state index contributed by atoms with van der Waals surface area (Å²) in [4.78, 5) is 21.1. The van der Waals surface area contributed by atoms with Crippen molar-refractivity contribution in [3.05, 3.63) is 21.8 Å². The number of carbonyl (C=O) groups is 1. The minimum absolute atomic E-state index is 0.0949. The highest BCUT2D eigenvalue weighted by Crippen LogP contribution is 2.31. The lowest BCUT2D eigenvalue weighted by Gasteiger charge is -2.29. The van der Waals surface area contributed by atoms with Crippen molar-refractivity contribution in [1.29, 1.82) is 0 Å². The van der Waals surface area contributed by atoms with Crippen LogP contribution in [0.1, 0.15) is 6.42 Å². The van der Waals surface area contributed by atoms with Crippen molar-refractivity contribution in [2.24, 2.45) is 5.92 Å². The van der Waals surface area contributed by atoms with Crippen LogP contribution < -0.4 is 4.90 Å². The van der Waals surface area contributed by atoms with E-state index in [1.54, 1.807) is 6.20 Å². The maximum atomic E-state index is 12.6. The predicted molar refractivity (Wildman–Crippen MR) is 91.2 cm³/mol. The third kappa shape index (κ3) is 3.48. The van der Waals surface area contributed by atoms with E-state index in [0.29, 0.717) is 10.9 Å². The van der Waals surface area contributed by atoms with Crippen LogP contribution in [0.25, 0.3) is 0 Å². The number of amides is 1. The summed E-state index contributed by atoms with van der Waals surface area (Å²) in [6.07, 6.45) is 2.55. The van der Waals surface area contributed by atoms with Gasteiger partial charge in [0.05, 0.1) is 15.4 Å². The topological polar surface area (TPSA) is 36.4 Å². The van der Waals surface area contributed by atoms with Crippen LogP contribution in [0.3, 0.4) is 0 Å². The van der Waals surface area contributed by atoms with E-state index in [1.165, 1.54) is 0 Å². The second-order valence-corrected chi connectivity index (χ2v) is 7.84. The molecule has 0 spiro atoms. The molecular weight excluding hydrogens is 374 g/mol. The van der Waals surface area contributed by atoms with Crippen molar-refractivity contribution in [3.8, 4) is 0 Å². The highest BCUT2D eigenvalue weighted by molar-refractivity contribution is 9.10. The first-order valence-corrected chi connectivity index (χ1v) is 9.40. The van der Waals surface area contributed by atoms with Gasteiger partial charge in [0.2, 0.25) is 5.91 Å². The van der Waals surface area contributed by atoms with Gasteiger partial charge < -0.3 is 9.80 Å². The Labute approximate surface area is 142 Å². The quantitative estimate of drug-likeness (QED) is 0.778. The number of halogens is 2. The summed E-state index contributed by atoms with van der Waals surface area (Å²) in [6.45, 7) is 3.40. The van der Waals surface area contributed by atoms with Gasteiger partial charge in [0.25, 0.3) is 0 Å². The fourth-order valence-electron chi connectivity index (χ4n) is 2.84. The molecular formula is C14H17BrClN3OS. The van der Waals surface area contributed by atoms with Gasteiger partial charge in [-0.3, -0.25) is 4.79 Å². The molecule has 0 radical (unpaired) electrons. The van der Waals surface area contributed by atoms with Crippen LogP contribution in [0.2, 0.25) is 5.02 Å². The molecule has 2 aliphatic heterocycles. The van der Waals surface area contributed by atoms with E-state index in [1.807, 2.05) is 22.7 Å². The van der Waals surface area contributed by atoms with E-state index in [2.05, 4.69) is 25.8 Å². The van der Waals surface area contributed by atoms with Crippen LogP contribution >= 0.6 is 39.3 Å². The summed E-state index contributed by atoms with van der Waals surface area (Å²) in [5.74, 6) is 3.41. The van der Waals surface area contributed by atoms with Crippen molar-refractivity contribution < 1.29 is 4.79 Å². The summed E-state index contributed by atoms with van der Waals surface area (Å²) < 4.78 is 0.887. The van der Waals surface area contributed by atoms with Crippen LogP contribution in [0, 0.1) is 5.92 Å². The van der Waals surface area contributed by atoms with E-state index < -0.39 is 0 Å². The number of hydrogen-bond acceptors (Lipinski definition) is 4. The molecule has 2 aliphatic rings. The smallest absolute Gasteiger partial charge is 0.227 e. The normalized spacial score (nSPS) is 22.7. The molecule has 21 heavy (non-hydrogen) atoms. The van der Waals surface area contributed by atoms with Crippen molar-refractivity contribution in [1.82, 2.24) is 9.88 Å². The van der Waals surface area contributed by atoms with Crippen LogP contribution in [-0.2, 0) is 4.79 Å². The SMILES string of the molecule is O=C(C1CCN(c2ncc(Cl)cc2Br)C1)N1CCSCC1. The second-order valence-electron chi connectivity index (χ2n) is 5.33. The number of anilines is 1. The Bertz CT molecular complexity index is 539. The number of rotatable bonds is 2. The molecule has 1 atom stereocenters. The molecule has 0 aliphatic carbocycles. The molecule has 1 amide bonds. The summed E-state index contributed by atoms with van der Waals surface area (Å²) in [7, 11) is 0. The highest BCUT2D eigenvalue weighted by atomic mass is 79.9. The number of aromatic nitrogens is 1. The molecule has 0 aromatic carbocycles. The highest BCUT2D eigenvalue weighted by Gasteiger charge is 2.33. The summed E-state index contributed by atoms with van der Waals surface area (Å²) in [5.41, 5.74) is 0. The van der Waals surface area contributed by atoms with Crippen LogP contribution in [0.4, 0.5) is 5.82 Å². The Kier molecular flexibility index (Phi) is 4.96. The number of carbonyl (C=O) groups excluding carboxylic acids is 1. The van der Waals surface area contributed by atoms with Gasteiger partial charge in [-0.15, -0.1) is 0 Å². The van der Waals surface area contributed by atoms with E-state index in [0.717, 1.165) is 54.4 Å². The number of hydrogen-bond donors (Lipinski definition) is 0. The molecule has 2 saturated heterocycles. The van der Waals surface area contributed by atoms with Crippen molar-refractivity contribution >= 4 is 51.0 Å². The van der Waals surface area contributed by atoms with Gasteiger partial charge in [0, 0.05) is 43.9 Å². The van der Waals surface area contributed by atoms with Crippen LogP contribution in [0.15, 0.2) is 16.7 Å². The first-order chi connectivity index (χ1) is 10.1. The number of nitrogens with zero attached hydrogens (tertiary/aromatic N) is 3. The average molecular weight is 391 g/mol.